The van der Waals surface area contributed by atoms with E-state index in [-0.39, 0.29) is 17.5 Å². The number of aliphatic hydroxyl groups is 1. The van der Waals surface area contributed by atoms with Crippen LogP contribution < -0.4 is 5.32 Å². The normalized spacial score (nSPS) is 27.2. The average molecular weight is 276 g/mol. The van der Waals surface area contributed by atoms with Crippen molar-refractivity contribution in [1.82, 2.24) is 5.32 Å². The number of rotatable bonds is 3. The number of benzene rings is 1. The SMILES string of the molecule is O=S1(=O)CC(O)C(NCc2ccc(Cl)cc2)C1. The summed E-state index contributed by atoms with van der Waals surface area (Å²) in [5.41, 5.74) is 1.01. The Morgan fingerprint density at radius 3 is 2.47 bits per heavy atom. The molecule has 2 unspecified atom stereocenters. The molecule has 4 nitrogen and oxygen atoms in total. The monoisotopic (exact) mass is 275 g/mol. The lowest BCUT2D eigenvalue weighted by Gasteiger charge is -2.14. The van der Waals surface area contributed by atoms with Crippen LogP contribution in [0.5, 0.6) is 0 Å². The third-order valence-corrected chi connectivity index (χ3v) is 4.77. The van der Waals surface area contributed by atoms with E-state index < -0.39 is 15.9 Å². The van der Waals surface area contributed by atoms with Crippen LogP contribution in [0.25, 0.3) is 0 Å². The summed E-state index contributed by atoms with van der Waals surface area (Å²) >= 11 is 5.76. The summed E-state index contributed by atoms with van der Waals surface area (Å²) in [7, 11) is -3.09. The third kappa shape index (κ3) is 3.42. The Labute approximate surface area is 106 Å². The zero-order valence-electron chi connectivity index (χ0n) is 9.14. The molecule has 1 saturated heterocycles. The molecule has 2 N–H and O–H groups in total. The molecular weight excluding hydrogens is 262 g/mol. The number of sulfone groups is 1. The van der Waals surface area contributed by atoms with Crippen LogP contribution in [-0.4, -0.2) is 37.2 Å². The van der Waals surface area contributed by atoms with Crippen molar-refractivity contribution in [3.05, 3.63) is 34.9 Å². The summed E-state index contributed by atoms with van der Waals surface area (Å²) in [6.45, 7) is 0.522. The first-order valence-corrected chi connectivity index (χ1v) is 7.52. The Hall–Kier alpha value is -0.620. The van der Waals surface area contributed by atoms with Crippen molar-refractivity contribution in [2.24, 2.45) is 0 Å². The van der Waals surface area contributed by atoms with E-state index >= 15 is 0 Å². The van der Waals surface area contributed by atoms with E-state index in [2.05, 4.69) is 5.32 Å². The van der Waals surface area contributed by atoms with Crippen molar-refractivity contribution in [2.75, 3.05) is 11.5 Å². The van der Waals surface area contributed by atoms with Crippen molar-refractivity contribution < 1.29 is 13.5 Å². The van der Waals surface area contributed by atoms with Gasteiger partial charge in [-0.15, -0.1) is 0 Å². The van der Waals surface area contributed by atoms with Crippen molar-refractivity contribution in [1.29, 1.82) is 0 Å². The molecule has 1 fully saturated rings. The fourth-order valence-corrected chi connectivity index (χ4v) is 3.78. The molecule has 94 valence electrons. The molecule has 2 rings (SSSR count). The van der Waals surface area contributed by atoms with E-state index in [9.17, 15) is 13.5 Å². The van der Waals surface area contributed by atoms with E-state index in [0.29, 0.717) is 11.6 Å². The summed E-state index contributed by atoms with van der Waals surface area (Å²) in [6.07, 6.45) is -0.813. The van der Waals surface area contributed by atoms with Gasteiger partial charge in [-0.1, -0.05) is 23.7 Å². The maximum absolute atomic E-state index is 11.3. The van der Waals surface area contributed by atoms with Gasteiger partial charge in [0.05, 0.1) is 17.6 Å². The highest BCUT2D eigenvalue weighted by Crippen LogP contribution is 2.14. The van der Waals surface area contributed by atoms with Gasteiger partial charge in [0, 0.05) is 17.6 Å². The van der Waals surface area contributed by atoms with Gasteiger partial charge in [0.1, 0.15) is 0 Å². The van der Waals surface area contributed by atoms with Crippen LogP contribution in [0.4, 0.5) is 0 Å². The molecule has 2 atom stereocenters. The quantitative estimate of drug-likeness (QED) is 0.847. The fourth-order valence-electron chi connectivity index (χ4n) is 1.88. The number of hydrogen-bond acceptors (Lipinski definition) is 4. The number of halogens is 1. The van der Waals surface area contributed by atoms with Crippen LogP contribution in [0.1, 0.15) is 5.56 Å². The molecule has 0 radical (unpaired) electrons. The highest BCUT2D eigenvalue weighted by Gasteiger charge is 2.35. The summed E-state index contributed by atoms with van der Waals surface area (Å²) < 4.78 is 22.6. The van der Waals surface area contributed by atoms with Gasteiger partial charge in [-0.2, -0.15) is 0 Å². The van der Waals surface area contributed by atoms with E-state index in [1.54, 1.807) is 12.1 Å². The molecule has 1 aliphatic rings. The summed E-state index contributed by atoms with van der Waals surface area (Å²) in [6, 6.07) is 6.91. The fraction of sp³-hybridized carbons (Fsp3) is 0.455. The molecule has 0 aliphatic carbocycles. The maximum atomic E-state index is 11.3. The first kappa shape index (κ1) is 12.8. The van der Waals surface area contributed by atoms with Crippen LogP contribution in [0.3, 0.4) is 0 Å². The molecule has 0 spiro atoms. The van der Waals surface area contributed by atoms with Gasteiger partial charge in [0.15, 0.2) is 9.84 Å². The number of aliphatic hydroxyl groups excluding tert-OH is 1. The van der Waals surface area contributed by atoms with Crippen molar-refractivity contribution in [3.8, 4) is 0 Å². The second-order valence-corrected chi connectivity index (χ2v) is 6.85. The average Bonchev–Trinajstić information content (AvgIpc) is 2.51. The number of nitrogens with one attached hydrogen (secondary N) is 1. The van der Waals surface area contributed by atoms with Crippen LogP contribution >= 0.6 is 11.6 Å². The molecular formula is C11H14ClNO3S. The molecule has 6 heteroatoms. The van der Waals surface area contributed by atoms with Crippen molar-refractivity contribution in [3.63, 3.8) is 0 Å². The van der Waals surface area contributed by atoms with Gasteiger partial charge in [0.25, 0.3) is 0 Å². The highest BCUT2D eigenvalue weighted by molar-refractivity contribution is 7.91. The van der Waals surface area contributed by atoms with Crippen LogP contribution in [0.2, 0.25) is 5.02 Å². The van der Waals surface area contributed by atoms with Crippen LogP contribution in [0, 0.1) is 0 Å². The van der Waals surface area contributed by atoms with Crippen molar-refractivity contribution >= 4 is 21.4 Å². The molecule has 1 aromatic rings. The van der Waals surface area contributed by atoms with Gasteiger partial charge in [-0.3, -0.25) is 0 Å². The first-order valence-electron chi connectivity index (χ1n) is 5.32. The first-order chi connectivity index (χ1) is 7.96. The van der Waals surface area contributed by atoms with Gasteiger partial charge < -0.3 is 10.4 Å². The lowest BCUT2D eigenvalue weighted by molar-refractivity contribution is 0.165. The molecule has 1 aromatic carbocycles. The van der Waals surface area contributed by atoms with Gasteiger partial charge >= 0.3 is 0 Å². The van der Waals surface area contributed by atoms with E-state index in [4.69, 9.17) is 11.6 Å². The topological polar surface area (TPSA) is 66.4 Å². The summed E-state index contributed by atoms with van der Waals surface area (Å²) in [4.78, 5) is 0. The lowest BCUT2D eigenvalue weighted by Crippen LogP contribution is -2.38. The second kappa shape index (κ2) is 4.94. The third-order valence-electron chi connectivity index (χ3n) is 2.80. The van der Waals surface area contributed by atoms with E-state index in [1.807, 2.05) is 12.1 Å². The molecule has 0 aromatic heterocycles. The second-order valence-electron chi connectivity index (χ2n) is 4.26. The highest BCUT2D eigenvalue weighted by atomic mass is 35.5. The Balaban J connectivity index is 1.93. The Morgan fingerprint density at radius 2 is 1.94 bits per heavy atom. The molecule has 0 amide bonds. The Kier molecular flexibility index (Phi) is 3.73. The molecule has 1 aliphatic heterocycles. The minimum Gasteiger partial charge on any atom is -0.390 e. The molecule has 1 heterocycles. The molecule has 0 saturated carbocycles. The molecule has 0 bridgehead atoms. The minimum absolute atomic E-state index is 0.00174. The van der Waals surface area contributed by atoms with E-state index in [0.717, 1.165) is 5.56 Å². The van der Waals surface area contributed by atoms with Gasteiger partial charge in [-0.05, 0) is 17.7 Å². The zero-order valence-corrected chi connectivity index (χ0v) is 10.7. The predicted octanol–water partition coefficient (Wildman–Crippen LogP) is 0.587. The largest absolute Gasteiger partial charge is 0.390 e. The van der Waals surface area contributed by atoms with Crippen molar-refractivity contribution in [2.45, 2.75) is 18.7 Å². The Bertz CT molecular complexity index is 486. The van der Waals surface area contributed by atoms with Crippen LogP contribution in [0.15, 0.2) is 24.3 Å². The predicted molar refractivity (Wildman–Crippen MR) is 66.7 cm³/mol. The summed E-state index contributed by atoms with van der Waals surface area (Å²) in [5.74, 6) is -0.146. The van der Waals surface area contributed by atoms with Gasteiger partial charge in [-0.25, -0.2) is 8.42 Å². The zero-order chi connectivity index (χ0) is 12.5. The standard InChI is InChI=1S/C11H14ClNO3S/c12-9-3-1-8(2-4-9)5-13-10-6-17(15,16)7-11(10)14/h1-4,10-11,13-14H,5-7H2. The molecule has 17 heavy (non-hydrogen) atoms. The van der Waals surface area contributed by atoms with Crippen LogP contribution in [-0.2, 0) is 16.4 Å². The minimum atomic E-state index is -3.09. The van der Waals surface area contributed by atoms with E-state index in [1.165, 1.54) is 0 Å². The van der Waals surface area contributed by atoms with Gasteiger partial charge in [0.2, 0.25) is 0 Å². The lowest BCUT2D eigenvalue weighted by atomic mass is 10.2. The number of hydrogen-bond donors (Lipinski definition) is 2. The summed E-state index contributed by atoms with van der Waals surface area (Å²) in [5, 5.41) is 13.3. The Morgan fingerprint density at radius 1 is 1.29 bits per heavy atom. The maximum Gasteiger partial charge on any atom is 0.154 e. The smallest absolute Gasteiger partial charge is 0.154 e.